The first kappa shape index (κ1) is 15.1. The fraction of sp³-hybridized carbons (Fsp3) is 0.0556. The number of fused-ring (bicyclic) bond motifs is 1. The summed E-state index contributed by atoms with van der Waals surface area (Å²) in [7, 11) is 1.59. The number of aromatic nitrogens is 1. The molecule has 3 rings (SSSR count). The molecule has 0 unspecified atom stereocenters. The first-order valence-corrected chi connectivity index (χ1v) is 7.03. The van der Waals surface area contributed by atoms with Crippen molar-refractivity contribution in [1.82, 2.24) is 4.98 Å². The first-order valence-electron chi connectivity index (χ1n) is 7.03. The van der Waals surface area contributed by atoms with Crippen LogP contribution >= 0.6 is 0 Å². The third-order valence-corrected chi connectivity index (χ3v) is 3.80. The number of nitriles is 2. The van der Waals surface area contributed by atoms with Gasteiger partial charge in [-0.3, -0.25) is 4.79 Å². The fourth-order valence-corrected chi connectivity index (χ4v) is 2.64. The van der Waals surface area contributed by atoms with Crippen molar-refractivity contribution in [2.45, 2.75) is 0 Å². The molecule has 0 aliphatic rings. The molecule has 3 N–H and O–H groups in total. The highest BCUT2D eigenvalue weighted by Crippen LogP contribution is 2.31. The topological polar surface area (TPSA) is 116 Å². The average Bonchev–Trinajstić information content (AvgIpc) is 2.60. The molecule has 0 saturated carbocycles. The van der Waals surface area contributed by atoms with E-state index < -0.39 is 5.56 Å². The highest BCUT2D eigenvalue weighted by molar-refractivity contribution is 5.91. The van der Waals surface area contributed by atoms with Crippen LogP contribution in [0, 0.1) is 22.7 Å². The Morgan fingerprint density at radius 1 is 1.04 bits per heavy atom. The number of anilines is 1. The van der Waals surface area contributed by atoms with Gasteiger partial charge in [-0.25, -0.2) is 0 Å². The molecule has 0 bridgehead atoms. The lowest BCUT2D eigenvalue weighted by atomic mass is 9.94. The molecule has 0 atom stereocenters. The van der Waals surface area contributed by atoms with E-state index in [1.165, 1.54) is 0 Å². The van der Waals surface area contributed by atoms with Gasteiger partial charge in [-0.2, -0.15) is 10.5 Å². The number of rotatable bonds is 2. The molecule has 0 fully saturated rings. The number of nitrogens with zero attached hydrogens (tertiary/aromatic N) is 2. The molecule has 24 heavy (non-hydrogen) atoms. The Bertz CT molecular complexity index is 1100. The average molecular weight is 316 g/mol. The zero-order chi connectivity index (χ0) is 17.3. The fourth-order valence-electron chi connectivity index (χ4n) is 2.64. The summed E-state index contributed by atoms with van der Waals surface area (Å²) in [6.45, 7) is 0. The highest BCUT2D eigenvalue weighted by Gasteiger charge is 2.18. The molecule has 0 aliphatic heterocycles. The van der Waals surface area contributed by atoms with Gasteiger partial charge in [0, 0.05) is 5.56 Å². The predicted molar refractivity (Wildman–Crippen MR) is 90.4 cm³/mol. The number of aromatic amines is 1. The SMILES string of the molecule is COc1ccc2cc(-c3c(C#N)c(N)[nH]c(=O)c3C#N)ccc2c1. The Morgan fingerprint density at radius 2 is 1.71 bits per heavy atom. The largest absolute Gasteiger partial charge is 0.497 e. The lowest BCUT2D eigenvalue weighted by Gasteiger charge is -2.10. The van der Waals surface area contributed by atoms with Gasteiger partial charge in [-0.1, -0.05) is 18.2 Å². The van der Waals surface area contributed by atoms with Crippen molar-refractivity contribution in [2.24, 2.45) is 0 Å². The number of nitrogen functional groups attached to an aromatic ring is 1. The first-order chi connectivity index (χ1) is 11.6. The van der Waals surface area contributed by atoms with Gasteiger partial charge in [-0.15, -0.1) is 0 Å². The molecular weight excluding hydrogens is 304 g/mol. The number of nitrogens with two attached hydrogens (primary N) is 1. The summed E-state index contributed by atoms with van der Waals surface area (Å²) in [6.07, 6.45) is 0. The zero-order valence-electron chi connectivity index (χ0n) is 12.8. The Kier molecular flexibility index (Phi) is 3.65. The van der Waals surface area contributed by atoms with Crippen molar-refractivity contribution in [2.75, 3.05) is 12.8 Å². The summed E-state index contributed by atoms with van der Waals surface area (Å²) in [5, 5.41) is 20.5. The van der Waals surface area contributed by atoms with Gasteiger partial charge < -0.3 is 15.5 Å². The predicted octanol–water partition coefficient (Wildman–Crippen LogP) is 2.53. The third kappa shape index (κ3) is 2.33. The normalized spacial score (nSPS) is 10.1. The molecular formula is C18H12N4O2. The van der Waals surface area contributed by atoms with Gasteiger partial charge in [0.1, 0.15) is 34.8 Å². The Hall–Kier alpha value is -3.77. The maximum absolute atomic E-state index is 12.0. The minimum Gasteiger partial charge on any atom is -0.497 e. The second-order valence-corrected chi connectivity index (χ2v) is 5.14. The van der Waals surface area contributed by atoms with Crippen molar-refractivity contribution >= 4 is 16.6 Å². The standard InChI is InChI=1S/C18H12N4O2/c1-24-13-5-4-10-6-12(3-2-11(10)7-13)16-14(8-19)17(21)22-18(23)15(16)9-20/h2-7H,1H3,(H3,21,22,23). The highest BCUT2D eigenvalue weighted by atomic mass is 16.5. The van der Waals surface area contributed by atoms with Gasteiger partial charge in [0.25, 0.3) is 5.56 Å². The second-order valence-electron chi connectivity index (χ2n) is 5.14. The number of hydrogen-bond acceptors (Lipinski definition) is 5. The van der Waals surface area contributed by atoms with Crippen LogP contribution in [0.3, 0.4) is 0 Å². The van der Waals surface area contributed by atoms with Crippen molar-refractivity contribution in [3.8, 4) is 29.0 Å². The van der Waals surface area contributed by atoms with Crippen LogP contribution in [0.25, 0.3) is 21.9 Å². The maximum Gasteiger partial charge on any atom is 0.268 e. The molecule has 0 aliphatic carbocycles. The van der Waals surface area contributed by atoms with E-state index in [0.717, 1.165) is 16.5 Å². The van der Waals surface area contributed by atoms with Crippen molar-refractivity contribution in [3.05, 3.63) is 57.9 Å². The Labute approximate surface area is 137 Å². The van der Waals surface area contributed by atoms with Crippen LogP contribution in [0.4, 0.5) is 5.82 Å². The Morgan fingerprint density at radius 3 is 2.38 bits per heavy atom. The molecule has 1 aromatic heterocycles. The number of benzene rings is 2. The van der Waals surface area contributed by atoms with Crippen molar-refractivity contribution in [3.63, 3.8) is 0 Å². The minimum absolute atomic E-state index is 0.0497. The molecule has 6 heteroatoms. The van der Waals surface area contributed by atoms with E-state index in [-0.39, 0.29) is 22.5 Å². The van der Waals surface area contributed by atoms with Gasteiger partial charge >= 0.3 is 0 Å². The van der Waals surface area contributed by atoms with Crippen LogP contribution in [0.15, 0.2) is 41.2 Å². The monoisotopic (exact) mass is 316 g/mol. The number of hydrogen-bond donors (Lipinski definition) is 2. The summed E-state index contributed by atoms with van der Waals surface area (Å²) in [4.78, 5) is 14.3. The van der Waals surface area contributed by atoms with E-state index in [9.17, 15) is 15.3 Å². The molecule has 0 radical (unpaired) electrons. The van der Waals surface area contributed by atoms with E-state index in [0.29, 0.717) is 5.56 Å². The zero-order valence-corrected chi connectivity index (χ0v) is 12.8. The van der Waals surface area contributed by atoms with E-state index >= 15 is 0 Å². The van der Waals surface area contributed by atoms with Crippen LogP contribution in [-0.4, -0.2) is 12.1 Å². The summed E-state index contributed by atoms with van der Waals surface area (Å²) in [5.41, 5.74) is 5.91. The van der Waals surface area contributed by atoms with E-state index in [4.69, 9.17) is 10.5 Å². The third-order valence-electron chi connectivity index (χ3n) is 3.80. The lowest BCUT2D eigenvalue weighted by Crippen LogP contribution is -2.16. The minimum atomic E-state index is -0.612. The molecule has 1 heterocycles. The Balaban J connectivity index is 2.34. The summed E-state index contributed by atoms with van der Waals surface area (Å²) >= 11 is 0. The second kappa shape index (κ2) is 5.79. The van der Waals surface area contributed by atoms with Crippen LogP contribution in [0.2, 0.25) is 0 Å². The summed E-state index contributed by atoms with van der Waals surface area (Å²) in [5.74, 6) is 0.678. The van der Waals surface area contributed by atoms with Crippen LogP contribution < -0.4 is 16.0 Å². The number of pyridine rings is 1. The van der Waals surface area contributed by atoms with E-state index in [1.807, 2.05) is 42.5 Å². The van der Waals surface area contributed by atoms with Crippen molar-refractivity contribution in [1.29, 1.82) is 10.5 Å². The molecule has 116 valence electrons. The van der Waals surface area contributed by atoms with Crippen LogP contribution in [0.5, 0.6) is 5.75 Å². The van der Waals surface area contributed by atoms with Gasteiger partial charge in [0.15, 0.2) is 0 Å². The number of H-pyrrole nitrogens is 1. The van der Waals surface area contributed by atoms with Crippen LogP contribution in [0.1, 0.15) is 11.1 Å². The quantitative estimate of drug-likeness (QED) is 0.753. The number of ether oxygens (including phenoxy) is 1. The molecule has 2 aromatic carbocycles. The van der Waals surface area contributed by atoms with Crippen molar-refractivity contribution < 1.29 is 4.74 Å². The lowest BCUT2D eigenvalue weighted by molar-refractivity contribution is 0.415. The van der Waals surface area contributed by atoms with Gasteiger partial charge in [-0.05, 0) is 34.5 Å². The van der Waals surface area contributed by atoms with Crippen LogP contribution in [-0.2, 0) is 0 Å². The molecule has 0 spiro atoms. The molecule has 3 aromatic rings. The molecule has 0 amide bonds. The summed E-state index contributed by atoms with van der Waals surface area (Å²) in [6, 6.07) is 14.8. The smallest absolute Gasteiger partial charge is 0.268 e. The number of methoxy groups -OCH3 is 1. The van der Waals surface area contributed by atoms with Gasteiger partial charge in [0.05, 0.1) is 7.11 Å². The van der Waals surface area contributed by atoms with E-state index in [1.54, 1.807) is 13.2 Å². The summed E-state index contributed by atoms with van der Waals surface area (Å²) < 4.78 is 5.19. The molecule has 6 nitrogen and oxygen atoms in total. The molecule has 0 saturated heterocycles. The number of nitrogens with one attached hydrogen (secondary N) is 1. The maximum atomic E-state index is 12.0. The van der Waals surface area contributed by atoms with Gasteiger partial charge in [0.2, 0.25) is 0 Å². The van der Waals surface area contributed by atoms with E-state index in [2.05, 4.69) is 4.98 Å².